The zero-order chi connectivity index (χ0) is 18.8. The fourth-order valence-electron chi connectivity index (χ4n) is 3.50. The van der Waals surface area contributed by atoms with Crippen LogP contribution in [0, 0.1) is 26.7 Å². The largest absolute Gasteiger partial charge is 0.379 e. The van der Waals surface area contributed by atoms with E-state index in [0.29, 0.717) is 36.6 Å². The first-order valence-corrected chi connectivity index (χ1v) is 8.66. The van der Waals surface area contributed by atoms with Crippen LogP contribution < -0.4 is 5.56 Å². The van der Waals surface area contributed by atoms with Gasteiger partial charge in [-0.1, -0.05) is 5.16 Å². The zero-order valence-electron chi connectivity index (χ0n) is 15.5. The summed E-state index contributed by atoms with van der Waals surface area (Å²) in [6, 6.07) is 1.90. The molecule has 3 rings (SSSR count). The molecule has 0 aliphatic carbocycles. The highest BCUT2D eigenvalue weighted by Crippen LogP contribution is 2.24. The number of methoxy groups -OCH3 is 1. The lowest BCUT2D eigenvalue weighted by Crippen LogP contribution is -2.33. The molecule has 1 saturated heterocycles. The molecule has 1 fully saturated rings. The van der Waals surface area contributed by atoms with Crippen molar-refractivity contribution in [2.45, 2.75) is 39.7 Å². The van der Waals surface area contributed by atoms with E-state index in [-0.39, 0.29) is 29.9 Å². The lowest BCUT2D eigenvalue weighted by atomic mass is 10.0. The number of rotatable bonds is 5. The molecule has 1 amide bonds. The highest BCUT2D eigenvalue weighted by Gasteiger charge is 2.36. The van der Waals surface area contributed by atoms with Crippen LogP contribution in [-0.4, -0.2) is 52.2 Å². The molecule has 1 N–H and O–H groups in total. The zero-order valence-corrected chi connectivity index (χ0v) is 15.5. The second-order valence-electron chi connectivity index (χ2n) is 6.86. The van der Waals surface area contributed by atoms with Crippen LogP contribution in [0.4, 0.5) is 0 Å². The van der Waals surface area contributed by atoms with E-state index >= 15 is 0 Å². The van der Waals surface area contributed by atoms with E-state index in [2.05, 4.69) is 15.1 Å². The normalized spacial score (nSPS) is 19.9. The predicted octanol–water partition coefficient (Wildman–Crippen LogP) is 0.942. The molecular formula is C18H24N4O4. The van der Waals surface area contributed by atoms with Crippen molar-refractivity contribution in [1.82, 2.24) is 20.0 Å². The molecule has 1 aliphatic heterocycles. The van der Waals surface area contributed by atoms with Gasteiger partial charge >= 0.3 is 0 Å². The van der Waals surface area contributed by atoms with Crippen LogP contribution in [-0.2, 0) is 22.4 Å². The number of nitrogens with zero attached hydrogens (tertiary/aromatic N) is 3. The summed E-state index contributed by atoms with van der Waals surface area (Å²) in [5.41, 5.74) is 1.60. The van der Waals surface area contributed by atoms with E-state index in [1.54, 1.807) is 25.9 Å². The Morgan fingerprint density at radius 1 is 1.38 bits per heavy atom. The van der Waals surface area contributed by atoms with E-state index in [4.69, 9.17) is 9.26 Å². The minimum absolute atomic E-state index is 0.0407. The van der Waals surface area contributed by atoms with Gasteiger partial charge in [-0.2, -0.15) is 0 Å². The van der Waals surface area contributed by atoms with Crippen molar-refractivity contribution in [1.29, 1.82) is 0 Å². The molecule has 2 atom stereocenters. The van der Waals surface area contributed by atoms with Crippen LogP contribution in [0.15, 0.2) is 15.4 Å². The van der Waals surface area contributed by atoms with Crippen LogP contribution in [0.1, 0.15) is 28.5 Å². The number of hydrogen-bond donors (Lipinski definition) is 1. The molecule has 2 aromatic heterocycles. The Bertz CT molecular complexity index is 857. The average molecular weight is 360 g/mol. The van der Waals surface area contributed by atoms with E-state index in [1.165, 1.54) is 0 Å². The van der Waals surface area contributed by atoms with Gasteiger partial charge in [0.15, 0.2) is 0 Å². The molecule has 8 nitrogen and oxygen atoms in total. The first-order valence-electron chi connectivity index (χ1n) is 8.66. The van der Waals surface area contributed by atoms with Crippen LogP contribution in [0.25, 0.3) is 0 Å². The molecule has 26 heavy (non-hydrogen) atoms. The van der Waals surface area contributed by atoms with Crippen molar-refractivity contribution in [3.8, 4) is 0 Å². The maximum absolute atomic E-state index is 12.7. The van der Waals surface area contributed by atoms with E-state index in [0.717, 1.165) is 11.5 Å². The summed E-state index contributed by atoms with van der Waals surface area (Å²) >= 11 is 0. The summed E-state index contributed by atoms with van der Waals surface area (Å²) in [5.74, 6) is 1.37. The highest BCUT2D eigenvalue weighted by atomic mass is 16.5. The fourth-order valence-corrected chi connectivity index (χ4v) is 3.50. The molecule has 3 heterocycles. The number of aryl methyl sites for hydroxylation is 3. The molecule has 0 unspecified atom stereocenters. The number of likely N-dealkylation sites (tertiary alicyclic amines) is 1. The van der Waals surface area contributed by atoms with Gasteiger partial charge in [-0.05, 0) is 20.8 Å². The van der Waals surface area contributed by atoms with Gasteiger partial charge in [0.1, 0.15) is 11.6 Å². The van der Waals surface area contributed by atoms with Crippen molar-refractivity contribution in [2.75, 3.05) is 20.2 Å². The number of ether oxygens (including phenoxy) is 1. The number of amides is 1. The lowest BCUT2D eigenvalue weighted by Gasteiger charge is -2.16. The average Bonchev–Trinajstić information content (AvgIpc) is 3.17. The van der Waals surface area contributed by atoms with Gasteiger partial charge in [-0.3, -0.25) is 9.59 Å². The molecule has 8 heteroatoms. The lowest BCUT2D eigenvalue weighted by molar-refractivity contribution is -0.129. The standard InChI is InChI=1S/C18H24N4O4/c1-10-5-14(26-21-10)6-13-8-22(9-16(13)25-4)17(23)7-15-11(2)19-12(3)20-18(15)24/h5,13,16H,6-9H2,1-4H3,(H,19,20,24)/t13-,16+/m1/s1. The minimum Gasteiger partial charge on any atom is -0.379 e. The molecule has 0 spiro atoms. The third kappa shape index (κ3) is 3.85. The maximum Gasteiger partial charge on any atom is 0.254 e. The summed E-state index contributed by atoms with van der Waals surface area (Å²) in [6.45, 7) is 6.42. The molecule has 2 aromatic rings. The Labute approximate surface area is 151 Å². The van der Waals surface area contributed by atoms with Crippen LogP contribution in [0.5, 0.6) is 0 Å². The van der Waals surface area contributed by atoms with Gasteiger partial charge in [-0.25, -0.2) is 4.98 Å². The number of aromatic amines is 1. The fraction of sp³-hybridized carbons (Fsp3) is 0.556. The van der Waals surface area contributed by atoms with Gasteiger partial charge < -0.3 is 19.1 Å². The third-order valence-electron chi connectivity index (χ3n) is 4.85. The number of hydrogen-bond acceptors (Lipinski definition) is 6. The number of H-pyrrole nitrogens is 1. The Hall–Kier alpha value is -2.48. The van der Waals surface area contributed by atoms with Crippen LogP contribution >= 0.6 is 0 Å². The monoisotopic (exact) mass is 360 g/mol. The Morgan fingerprint density at radius 2 is 2.15 bits per heavy atom. The van der Waals surface area contributed by atoms with Gasteiger partial charge in [0.2, 0.25) is 5.91 Å². The summed E-state index contributed by atoms with van der Waals surface area (Å²) in [5, 5.41) is 3.90. The van der Waals surface area contributed by atoms with Crippen LogP contribution in [0.3, 0.4) is 0 Å². The first-order chi connectivity index (χ1) is 12.4. The van der Waals surface area contributed by atoms with Crippen molar-refractivity contribution in [3.63, 3.8) is 0 Å². The number of carbonyl (C=O) groups excluding carboxylic acids is 1. The first kappa shape index (κ1) is 18.3. The molecule has 0 aromatic carbocycles. The molecule has 1 aliphatic rings. The van der Waals surface area contributed by atoms with E-state index < -0.39 is 0 Å². The molecule has 0 bridgehead atoms. The number of nitrogens with one attached hydrogen (secondary N) is 1. The Kier molecular flexibility index (Phi) is 5.22. The molecule has 140 valence electrons. The summed E-state index contributed by atoms with van der Waals surface area (Å²) in [6.07, 6.45) is 0.633. The van der Waals surface area contributed by atoms with Crippen molar-refractivity contribution in [3.05, 3.63) is 45.0 Å². The predicted molar refractivity (Wildman–Crippen MR) is 93.8 cm³/mol. The quantitative estimate of drug-likeness (QED) is 0.852. The highest BCUT2D eigenvalue weighted by molar-refractivity contribution is 5.79. The number of carbonyl (C=O) groups is 1. The van der Waals surface area contributed by atoms with E-state index in [9.17, 15) is 9.59 Å². The smallest absolute Gasteiger partial charge is 0.254 e. The van der Waals surface area contributed by atoms with E-state index in [1.807, 2.05) is 13.0 Å². The third-order valence-corrected chi connectivity index (χ3v) is 4.85. The van der Waals surface area contributed by atoms with Gasteiger partial charge in [-0.15, -0.1) is 0 Å². The number of aromatic nitrogens is 3. The van der Waals surface area contributed by atoms with Crippen molar-refractivity contribution >= 4 is 5.91 Å². The molecular weight excluding hydrogens is 336 g/mol. The maximum atomic E-state index is 12.7. The van der Waals surface area contributed by atoms with Gasteiger partial charge in [0.25, 0.3) is 5.56 Å². The second-order valence-corrected chi connectivity index (χ2v) is 6.86. The second kappa shape index (κ2) is 7.41. The topological polar surface area (TPSA) is 101 Å². The van der Waals surface area contributed by atoms with Gasteiger partial charge in [0.05, 0.1) is 18.2 Å². The molecule has 0 radical (unpaired) electrons. The Balaban J connectivity index is 1.70. The summed E-state index contributed by atoms with van der Waals surface area (Å²) in [4.78, 5) is 33.5. The van der Waals surface area contributed by atoms with Crippen molar-refractivity contribution < 1.29 is 14.1 Å². The summed E-state index contributed by atoms with van der Waals surface area (Å²) < 4.78 is 10.9. The Morgan fingerprint density at radius 3 is 2.77 bits per heavy atom. The van der Waals surface area contributed by atoms with Crippen molar-refractivity contribution in [2.24, 2.45) is 5.92 Å². The van der Waals surface area contributed by atoms with Gasteiger partial charge in [0, 0.05) is 49.9 Å². The van der Waals surface area contributed by atoms with Crippen LogP contribution in [0.2, 0.25) is 0 Å². The minimum atomic E-state index is -0.250. The SMILES string of the molecule is CO[C@H]1CN(C(=O)Cc2c(C)nc(C)[nH]c2=O)C[C@H]1Cc1cc(C)no1. The summed E-state index contributed by atoms with van der Waals surface area (Å²) in [7, 11) is 1.65. The molecule has 0 saturated carbocycles.